The molecule has 168 valence electrons. The van der Waals surface area contributed by atoms with Gasteiger partial charge in [0.25, 0.3) is 11.6 Å². The number of anilines is 2. The smallest absolute Gasteiger partial charge is 0.311 e. The molecule has 0 aliphatic carbocycles. The second-order valence-corrected chi connectivity index (χ2v) is 6.90. The molecule has 2 aromatic rings. The van der Waals surface area contributed by atoms with E-state index in [0.717, 1.165) is 0 Å². The number of esters is 1. The highest BCUT2D eigenvalue weighted by Gasteiger charge is 2.36. The SMILES string of the molecule is COc1cccc(N2C[C@H](C(=O)OCC(=O)Nc3cc(OC)ccc3[N+](=O)[O-])CC2=O)c1. The molecule has 0 unspecified atom stereocenters. The molecule has 1 N–H and O–H groups in total. The number of nitrogens with zero attached hydrogens (tertiary/aromatic N) is 2. The van der Waals surface area contributed by atoms with Gasteiger partial charge in [-0.15, -0.1) is 0 Å². The molecule has 0 bridgehead atoms. The minimum Gasteiger partial charge on any atom is -0.497 e. The topological polar surface area (TPSA) is 137 Å². The average Bonchev–Trinajstić information content (AvgIpc) is 3.18. The van der Waals surface area contributed by atoms with E-state index in [-0.39, 0.29) is 30.2 Å². The van der Waals surface area contributed by atoms with Crippen molar-refractivity contribution in [2.75, 3.05) is 37.6 Å². The number of amides is 2. The highest BCUT2D eigenvalue weighted by atomic mass is 16.6. The summed E-state index contributed by atoms with van der Waals surface area (Å²) < 4.78 is 15.2. The molecule has 1 saturated heterocycles. The number of rotatable bonds is 8. The van der Waals surface area contributed by atoms with Crippen molar-refractivity contribution in [1.29, 1.82) is 0 Å². The number of nitro groups is 1. The van der Waals surface area contributed by atoms with Crippen molar-refractivity contribution < 1.29 is 33.5 Å². The fourth-order valence-corrected chi connectivity index (χ4v) is 3.24. The number of nitro benzene ring substituents is 1. The van der Waals surface area contributed by atoms with Gasteiger partial charge in [0.1, 0.15) is 17.2 Å². The van der Waals surface area contributed by atoms with Crippen molar-refractivity contribution in [1.82, 2.24) is 0 Å². The van der Waals surface area contributed by atoms with Crippen LogP contribution in [0.25, 0.3) is 0 Å². The Hall–Kier alpha value is -4.15. The molecular weight excluding hydrogens is 422 g/mol. The lowest BCUT2D eigenvalue weighted by molar-refractivity contribution is -0.383. The van der Waals surface area contributed by atoms with E-state index in [9.17, 15) is 24.5 Å². The van der Waals surface area contributed by atoms with Crippen molar-refractivity contribution >= 4 is 34.8 Å². The molecule has 0 spiro atoms. The maximum atomic E-state index is 12.4. The summed E-state index contributed by atoms with van der Waals surface area (Å²) in [7, 11) is 2.89. The number of benzene rings is 2. The standard InChI is InChI=1S/C21H21N3O8/c1-30-15-5-3-4-14(9-15)23-11-13(8-20(23)26)21(27)32-12-19(25)22-17-10-16(31-2)6-7-18(17)24(28)29/h3-7,9-10,13H,8,11-12H2,1-2H3,(H,22,25)/t13-/m1/s1. The molecule has 11 heteroatoms. The summed E-state index contributed by atoms with van der Waals surface area (Å²) in [6.07, 6.45) is -0.0565. The van der Waals surface area contributed by atoms with Crippen LogP contribution in [0.1, 0.15) is 6.42 Å². The van der Waals surface area contributed by atoms with Crippen LogP contribution in [0.5, 0.6) is 11.5 Å². The van der Waals surface area contributed by atoms with Gasteiger partial charge in [-0.1, -0.05) is 6.07 Å². The highest BCUT2D eigenvalue weighted by Crippen LogP contribution is 2.30. The van der Waals surface area contributed by atoms with Crippen LogP contribution in [0.2, 0.25) is 0 Å². The van der Waals surface area contributed by atoms with E-state index in [4.69, 9.17) is 14.2 Å². The van der Waals surface area contributed by atoms with Crippen LogP contribution in [0, 0.1) is 16.0 Å². The van der Waals surface area contributed by atoms with E-state index in [1.54, 1.807) is 24.3 Å². The molecule has 0 aromatic heterocycles. The predicted molar refractivity (Wildman–Crippen MR) is 113 cm³/mol. The van der Waals surface area contributed by atoms with Crippen molar-refractivity contribution in [3.63, 3.8) is 0 Å². The van der Waals surface area contributed by atoms with Crippen LogP contribution in [0.3, 0.4) is 0 Å². The summed E-state index contributed by atoms with van der Waals surface area (Å²) >= 11 is 0. The molecule has 1 fully saturated rings. The van der Waals surface area contributed by atoms with Gasteiger partial charge in [0.15, 0.2) is 6.61 Å². The van der Waals surface area contributed by atoms with Crippen LogP contribution < -0.4 is 19.7 Å². The van der Waals surface area contributed by atoms with Crippen LogP contribution >= 0.6 is 0 Å². The lowest BCUT2D eigenvalue weighted by atomic mass is 10.1. The van der Waals surface area contributed by atoms with Crippen LogP contribution in [-0.2, 0) is 19.1 Å². The summed E-state index contributed by atoms with van der Waals surface area (Å²) in [5.41, 5.74) is 0.171. The summed E-state index contributed by atoms with van der Waals surface area (Å²) in [5, 5.41) is 13.5. The molecule has 0 radical (unpaired) electrons. The number of carbonyl (C=O) groups excluding carboxylic acids is 3. The first-order valence-electron chi connectivity index (χ1n) is 9.55. The van der Waals surface area contributed by atoms with Crippen LogP contribution in [0.15, 0.2) is 42.5 Å². The first kappa shape index (κ1) is 22.5. The lowest BCUT2D eigenvalue weighted by Crippen LogP contribution is -2.28. The second kappa shape index (κ2) is 9.77. The molecule has 1 aliphatic heterocycles. The van der Waals surface area contributed by atoms with Crippen molar-refractivity contribution in [2.45, 2.75) is 6.42 Å². The number of hydrogen-bond donors (Lipinski definition) is 1. The molecule has 2 amide bonds. The molecule has 1 heterocycles. The number of hydrogen-bond acceptors (Lipinski definition) is 8. The summed E-state index contributed by atoms with van der Waals surface area (Å²) in [6, 6.07) is 10.7. The van der Waals surface area contributed by atoms with Gasteiger partial charge in [0, 0.05) is 36.9 Å². The van der Waals surface area contributed by atoms with Gasteiger partial charge in [-0.25, -0.2) is 0 Å². The van der Waals surface area contributed by atoms with E-state index < -0.39 is 29.3 Å². The first-order chi connectivity index (χ1) is 15.3. The fourth-order valence-electron chi connectivity index (χ4n) is 3.24. The largest absolute Gasteiger partial charge is 0.497 e. The minimum atomic E-state index is -0.760. The fraction of sp³-hybridized carbons (Fsp3) is 0.286. The van der Waals surface area contributed by atoms with Crippen LogP contribution in [-0.4, -0.2) is 50.1 Å². The van der Waals surface area contributed by atoms with E-state index in [0.29, 0.717) is 17.2 Å². The molecular formula is C21H21N3O8. The zero-order chi connectivity index (χ0) is 23.3. The van der Waals surface area contributed by atoms with E-state index >= 15 is 0 Å². The Balaban J connectivity index is 1.58. The third-order valence-electron chi connectivity index (χ3n) is 4.84. The third-order valence-corrected chi connectivity index (χ3v) is 4.84. The number of methoxy groups -OCH3 is 2. The van der Waals surface area contributed by atoms with Gasteiger partial charge in [-0.05, 0) is 18.2 Å². The van der Waals surface area contributed by atoms with E-state index in [1.165, 1.54) is 37.3 Å². The van der Waals surface area contributed by atoms with Crippen molar-refractivity contribution in [3.8, 4) is 11.5 Å². The van der Waals surface area contributed by atoms with Gasteiger partial charge in [0.2, 0.25) is 5.91 Å². The molecule has 0 saturated carbocycles. The zero-order valence-corrected chi connectivity index (χ0v) is 17.4. The monoisotopic (exact) mass is 443 g/mol. The zero-order valence-electron chi connectivity index (χ0n) is 17.4. The number of carbonyl (C=O) groups is 3. The number of nitrogens with one attached hydrogen (secondary N) is 1. The lowest BCUT2D eigenvalue weighted by Gasteiger charge is -2.17. The Bertz CT molecular complexity index is 1060. The van der Waals surface area contributed by atoms with Crippen molar-refractivity contribution in [2.24, 2.45) is 5.92 Å². The normalized spacial score (nSPS) is 15.2. The minimum absolute atomic E-state index is 0.0565. The Kier molecular flexibility index (Phi) is 6.88. The van der Waals surface area contributed by atoms with E-state index in [1.807, 2.05) is 0 Å². The maximum absolute atomic E-state index is 12.4. The summed E-state index contributed by atoms with van der Waals surface area (Å²) in [4.78, 5) is 48.9. The Labute approximate surface area is 183 Å². The van der Waals surface area contributed by atoms with Gasteiger partial charge in [0.05, 0.1) is 25.1 Å². The quantitative estimate of drug-likeness (QED) is 0.372. The molecule has 32 heavy (non-hydrogen) atoms. The molecule has 1 atom stereocenters. The Morgan fingerprint density at radius 3 is 2.56 bits per heavy atom. The Morgan fingerprint density at radius 1 is 1.16 bits per heavy atom. The first-order valence-corrected chi connectivity index (χ1v) is 9.55. The molecule has 1 aliphatic rings. The van der Waals surface area contributed by atoms with Gasteiger partial charge in [-0.3, -0.25) is 24.5 Å². The highest BCUT2D eigenvalue weighted by molar-refractivity contribution is 6.00. The van der Waals surface area contributed by atoms with Gasteiger partial charge < -0.3 is 24.4 Å². The van der Waals surface area contributed by atoms with Crippen molar-refractivity contribution in [3.05, 3.63) is 52.6 Å². The Morgan fingerprint density at radius 2 is 1.88 bits per heavy atom. The summed E-state index contributed by atoms with van der Waals surface area (Å²) in [6.45, 7) is -0.551. The van der Waals surface area contributed by atoms with E-state index in [2.05, 4.69) is 5.32 Å². The van der Waals surface area contributed by atoms with Gasteiger partial charge in [-0.2, -0.15) is 0 Å². The maximum Gasteiger partial charge on any atom is 0.311 e. The molecule has 2 aromatic carbocycles. The second-order valence-electron chi connectivity index (χ2n) is 6.90. The predicted octanol–water partition coefficient (Wildman–Crippen LogP) is 2.15. The number of ether oxygens (including phenoxy) is 3. The van der Waals surface area contributed by atoms with Crippen LogP contribution in [0.4, 0.5) is 17.1 Å². The summed E-state index contributed by atoms with van der Waals surface area (Å²) in [5.74, 6) is -1.58. The molecule has 11 nitrogen and oxygen atoms in total. The van der Waals surface area contributed by atoms with Gasteiger partial charge >= 0.3 is 5.97 Å². The molecule has 3 rings (SSSR count). The average molecular weight is 443 g/mol. The third kappa shape index (κ3) is 5.12.